The van der Waals surface area contributed by atoms with Crippen LogP contribution >= 0.6 is 0 Å². The normalized spacial score (nSPS) is 18.4. The van der Waals surface area contributed by atoms with Gasteiger partial charge in [0.05, 0.1) is 5.56 Å². The van der Waals surface area contributed by atoms with Crippen molar-refractivity contribution in [3.05, 3.63) is 88.6 Å². The minimum absolute atomic E-state index is 0.0213. The third kappa shape index (κ3) is 2.60. The number of fused-ring (bicyclic) bond motifs is 1. The molecule has 0 saturated carbocycles. The van der Waals surface area contributed by atoms with Crippen LogP contribution in [0.15, 0.2) is 59.9 Å². The number of aromatic nitrogens is 2. The minimum Gasteiger partial charge on any atom is -0.383 e. The summed E-state index contributed by atoms with van der Waals surface area (Å²) in [4.78, 5) is 12.5. The van der Waals surface area contributed by atoms with E-state index in [0.29, 0.717) is 22.3 Å². The average Bonchev–Trinajstić information content (AvgIpc) is 2.97. The number of aliphatic imine (C=N–C) groups is 1. The van der Waals surface area contributed by atoms with Gasteiger partial charge in [-0.3, -0.25) is 9.97 Å². The van der Waals surface area contributed by atoms with Gasteiger partial charge in [0.1, 0.15) is 22.9 Å². The van der Waals surface area contributed by atoms with Gasteiger partial charge in [-0.15, -0.1) is 0 Å². The summed E-state index contributed by atoms with van der Waals surface area (Å²) in [6.45, 7) is 0. The molecule has 27 heavy (non-hydrogen) atoms. The van der Waals surface area contributed by atoms with Gasteiger partial charge < -0.3 is 5.73 Å². The highest BCUT2D eigenvalue weighted by molar-refractivity contribution is 6.30. The first-order chi connectivity index (χ1) is 12.9. The van der Waals surface area contributed by atoms with Crippen LogP contribution in [-0.4, -0.2) is 23.6 Å². The zero-order valence-corrected chi connectivity index (χ0v) is 14.3. The lowest BCUT2D eigenvalue weighted by molar-refractivity contribution is 0.146. The fourth-order valence-electron chi connectivity index (χ4n) is 3.55. The number of nitrogens with zero attached hydrogens (tertiary/aromatic N) is 3. The largest absolute Gasteiger partial charge is 0.383 e. The molecule has 1 unspecified atom stereocenters. The molecule has 0 fully saturated rings. The Labute approximate surface area is 154 Å². The smallest absolute Gasteiger partial charge is 0.280 e. The van der Waals surface area contributed by atoms with Crippen molar-refractivity contribution < 1.29 is 13.2 Å². The van der Waals surface area contributed by atoms with Crippen LogP contribution in [0.25, 0.3) is 0 Å². The third-order valence-electron chi connectivity index (χ3n) is 4.68. The second-order valence-electron chi connectivity index (χ2n) is 6.33. The van der Waals surface area contributed by atoms with Gasteiger partial charge in [0.25, 0.3) is 6.43 Å². The highest BCUT2D eigenvalue weighted by atomic mass is 19.3. The van der Waals surface area contributed by atoms with Crippen molar-refractivity contribution in [1.82, 2.24) is 9.97 Å². The van der Waals surface area contributed by atoms with Crippen molar-refractivity contribution in [3.63, 3.8) is 0 Å². The Bertz CT molecular complexity index is 1070. The summed E-state index contributed by atoms with van der Waals surface area (Å²) >= 11 is 0. The van der Waals surface area contributed by atoms with Crippen LogP contribution in [0.1, 0.15) is 34.4 Å². The second kappa shape index (κ2) is 6.23. The van der Waals surface area contributed by atoms with Crippen LogP contribution < -0.4 is 11.3 Å². The van der Waals surface area contributed by atoms with Crippen molar-refractivity contribution in [3.8, 4) is 0 Å². The van der Waals surface area contributed by atoms with Crippen molar-refractivity contribution in [2.45, 2.75) is 12.0 Å². The molecule has 4 rings (SSSR count). The quantitative estimate of drug-likeness (QED) is 0.720. The van der Waals surface area contributed by atoms with E-state index in [1.165, 1.54) is 18.3 Å². The Balaban J connectivity index is 2.09. The van der Waals surface area contributed by atoms with E-state index in [1.807, 2.05) is 7.85 Å². The van der Waals surface area contributed by atoms with Crippen LogP contribution in [-0.2, 0) is 5.54 Å². The van der Waals surface area contributed by atoms with Gasteiger partial charge in [-0.25, -0.2) is 18.2 Å². The molecule has 134 valence electrons. The number of pyridine rings is 2. The molecular weight excluding hydrogens is 352 g/mol. The molecule has 0 radical (unpaired) electrons. The van der Waals surface area contributed by atoms with Gasteiger partial charge >= 0.3 is 0 Å². The Morgan fingerprint density at radius 1 is 1.00 bits per heavy atom. The van der Waals surface area contributed by atoms with Gasteiger partial charge in [-0.05, 0) is 47.1 Å². The molecule has 0 saturated heterocycles. The molecule has 0 amide bonds. The van der Waals surface area contributed by atoms with Crippen LogP contribution in [0.4, 0.5) is 13.2 Å². The topological polar surface area (TPSA) is 64.2 Å². The maximum absolute atomic E-state index is 14.5. The number of hydrogen-bond acceptors (Lipinski definition) is 4. The number of amidine groups is 1. The number of hydrogen-bond donors (Lipinski definition) is 1. The molecule has 0 aliphatic carbocycles. The number of halogens is 3. The van der Waals surface area contributed by atoms with E-state index in [9.17, 15) is 13.2 Å². The Morgan fingerprint density at radius 2 is 1.70 bits per heavy atom. The van der Waals surface area contributed by atoms with Crippen LogP contribution in [0, 0.1) is 5.82 Å². The van der Waals surface area contributed by atoms with E-state index < -0.39 is 17.8 Å². The van der Waals surface area contributed by atoms with Gasteiger partial charge in [-0.1, -0.05) is 12.1 Å². The zero-order valence-electron chi connectivity index (χ0n) is 14.3. The number of nitrogens with two attached hydrogens (primary N) is 1. The first-order valence-electron chi connectivity index (χ1n) is 8.26. The van der Waals surface area contributed by atoms with Crippen LogP contribution in [0.2, 0.25) is 0 Å². The molecule has 1 atom stereocenters. The molecule has 4 nitrogen and oxygen atoms in total. The van der Waals surface area contributed by atoms with E-state index in [4.69, 9.17) is 5.73 Å². The standard InChI is InChI=1S/C19H14BF3N4/c20-15-9-11(5-7-26-15)19(10-4-6-25-14(8-10)17(22)23)12-2-1-3-13(21)16(12)18(24)27-19/h1-9,17H,20H2,(H2,24,27). The summed E-state index contributed by atoms with van der Waals surface area (Å²) in [5, 5.41) is 0. The van der Waals surface area contributed by atoms with Crippen molar-refractivity contribution in [2.75, 3.05) is 0 Å². The number of benzene rings is 1. The van der Waals surface area contributed by atoms with Gasteiger partial charge in [-0.2, -0.15) is 0 Å². The Hall–Kier alpha value is -3.16. The summed E-state index contributed by atoms with van der Waals surface area (Å²) in [6, 6.07) is 11.0. The molecule has 2 aromatic heterocycles. The van der Waals surface area contributed by atoms with Crippen LogP contribution in [0.5, 0.6) is 0 Å². The van der Waals surface area contributed by atoms with Gasteiger partial charge in [0.2, 0.25) is 0 Å². The van der Waals surface area contributed by atoms with E-state index in [0.717, 1.165) is 0 Å². The number of alkyl halides is 2. The Kier molecular flexibility index (Phi) is 3.98. The third-order valence-corrected chi connectivity index (χ3v) is 4.68. The molecule has 1 aliphatic heterocycles. The monoisotopic (exact) mass is 366 g/mol. The van der Waals surface area contributed by atoms with E-state index in [1.54, 1.807) is 36.5 Å². The van der Waals surface area contributed by atoms with Crippen LogP contribution in [0.3, 0.4) is 0 Å². The molecular formula is C19H14BF3N4. The maximum atomic E-state index is 14.5. The van der Waals surface area contributed by atoms with Crippen molar-refractivity contribution in [1.29, 1.82) is 0 Å². The first kappa shape index (κ1) is 17.3. The van der Waals surface area contributed by atoms with E-state index in [-0.39, 0.29) is 17.1 Å². The van der Waals surface area contributed by atoms with Crippen molar-refractivity contribution >= 4 is 19.3 Å². The summed E-state index contributed by atoms with van der Waals surface area (Å²) < 4.78 is 41.0. The molecule has 0 spiro atoms. The van der Waals surface area contributed by atoms with E-state index in [2.05, 4.69) is 15.0 Å². The fourth-order valence-corrected chi connectivity index (χ4v) is 3.55. The average molecular weight is 366 g/mol. The molecule has 8 heteroatoms. The molecule has 1 aliphatic rings. The van der Waals surface area contributed by atoms with Gasteiger partial charge in [0, 0.05) is 18.0 Å². The lowest BCUT2D eigenvalue weighted by Gasteiger charge is -2.29. The second-order valence-corrected chi connectivity index (χ2v) is 6.33. The minimum atomic E-state index is -2.74. The highest BCUT2D eigenvalue weighted by Crippen LogP contribution is 2.46. The lowest BCUT2D eigenvalue weighted by atomic mass is 9.77. The Morgan fingerprint density at radius 3 is 2.41 bits per heavy atom. The van der Waals surface area contributed by atoms with Gasteiger partial charge in [0.15, 0.2) is 7.85 Å². The highest BCUT2D eigenvalue weighted by Gasteiger charge is 2.44. The first-order valence-corrected chi connectivity index (χ1v) is 8.26. The zero-order chi connectivity index (χ0) is 19.2. The lowest BCUT2D eigenvalue weighted by Crippen LogP contribution is -2.27. The SMILES string of the molecule is Bc1cc(C2(c3ccnc(C(F)F)c3)N=C(N)c3c(F)cccc32)ccn1. The van der Waals surface area contributed by atoms with E-state index >= 15 is 0 Å². The molecule has 0 bridgehead atoms. The summed E-state index contributed by atoms with van der Waals surface area (Å²) in [6.07, 6.45) is 0.163. The summed E-state index contributed by atoms with van der Waals surface area (Å²) in [7, 11) is 1.81. The molecule has 1 aromatic carbocycles. The molecule has 2 N–H and O–H groups in total. The summed E-state index contributed by atoms with van der Waals surface area (Å²) in [5.74, 6) is -0.488. The number of rotatable bonds is 3. The molecule has 3 aromatic rings. The van der Waals surface area contributed by atoms with Crippen molar-refractivity contribution in [2.24, 2.45) is 10.7 Å². The molecule has 3 heterocycles. The predicted octanol–water partition coefficient (Wildman–Crippen LogP) is 1.82. The maximum Gasteiger partial charge on any atom is 0.280 e. The summed E-state index contributed by atoms with van der Waals surface area (Å²) in [5.41, 5.74) is 6.93. The fraction of sp³-hybridized carbons (Fsp3) is 0.105. The predicted molar refractivity (Wildman–Crippen MR) is 98.6 cm³/mol.